The monoisotopic (exact) mass is 285 g/mol. The van der Waals surface area contributed by atoms with Gasteiger partial charge in [0.1, 0.15) is 0 Å². The lowest BCUT2D eigenvalue weighted by Gasteiger charge is -2.08. The molecular formula is C16H15NO4. The summed E-state index contributed by atoms with van der Waals surface area (Å²) in [6.45, 7) is 0.927. The van der Waals surface area contributed by atoms with Gasteiger partial charge in [-0.05, 0) is 23.3 Å². The van der Waals surface area contributed by atoms with E-state index in [1.54, 1.807) is 0 Å². The van der Waals surface area contributed by atoms with Crippen molar-refractivity contribution in [3.05, 3.63) is 53.6 Å². The number of aliphatic carboxylic acids is 1. The first-order chi connectivity index (χ1) is 10.2. The summed E-state index contributed by atoms with van der Waals surface area (Å²) in [5, 5.41) is 12.0. The van der Waals surface area contributed by atoms with Crippen molar-refractivity contribution >= 4 is 11.7 Å². The van der Waals surface area contributed by atoms with Crippen molar-refractivity contribution in [2.24, 2.45) is 0 Å². The molecule has 5 heteroatoms. The van der Waals surface area contributed by atoms with Gasteiger partial charge in [-0.25, -0.2) is 0 Å². The Hall–Kier alpha value is -2.69. The number of rotatable bonds is 5. The van der Waals surface area contributed by atoms with Crippen LogP contribution in [0.1, 0.15) is 11.1 Å². The van der Waals surface area contributed by atoms with Crippen molar-refractivity contribution in [3.63, 3.8) is 0 Å². The Morgan fingerprint density at radius 2 is 1.76 bits per heavy atom. The van der Waals surface area contributed by atoms with Gasteiger partial charge in [0.2, 0.25) is 6.79 Å². The van der Waals surface area contributed by atoms with E-state index in [0.29, 0.717) is 6.54 Å². The van der Waals surface area contributed by atoms with Crippen molar-refractivity contribution in [3.8, 4) is 11.5 Å². The van der Waals surface area contributed by atoms with E-state index in [4.69, 9.17) is 14.6 Å². The van der Waals surface area contributed by atoms with Crippen LogP contribution in [0.3, 0.4) is 0 Å². The lowest BCUT2D eigenvalue weighted by atomic mass is 10.1. The van der Waals surface area contributed by atoms with Crippen LogP contribution >= 0.6 is 0 Å². The quantitative estimate of drug-likeness (QED) is 0.884. The van der Waals surface area contributed by atoms with Crippen molar-refractivity contribution < 1.29 is 19.4 Å². The third-order valence-electron chi connectivity index (χ3n) is 3.25. The number of carbonyl (C=O) groups is 1. The largest absolute Gasteiger partial charge is 0.481 e. The summed E-state index contributed by atoms with van der Waals surface area (Å²) in [7, 11) is 0. The van der Waals surface area contributed by atoms with Crippen LogP contribution in [0.15, 0.2) is 42.5 Å². The molecule has 0 saturated carbocycles. The predicted octanol–water partition coefficient (Wildman–Crippen LogP) is 2.65. The summed E-state index contributed by atoms with van der Waals surface area (Å²) < 4.78 is 10.6. The van der Waals surface area contributed by atoms with E-state index in [1.165, 1.54) is 0 Å². The van der Waals surface area contributed by atoms with Gasteiger partial charge in [-0.2, -0.15) is 0 Å². The zero-order valence-corrected chi connectivity index (χ0v) is 11.3. The smallest absolute Gasteiger partial charge is 0.307 e. The highest BCUT2D eigenvalue weighted by molar-refractivity contribution is 5.70. The van der Waals surface area contributed by atoms with E-state index in [1.807, 2.05) is 42.5 Å². The lowest BCUT2D eigenvalue weighted by molar-refractivity contribution is -0.136. The van der Waals surface area contributed by atoms with Gasteiger partial charge in [-0.3, -0.25) is 4.79 Å². The molecule has 0 amide bonds. The van der Waals surface area contributed by atoms with Crippen LogP contribution in [-0.2, 0) is 17.8 Å². The third-order valence-corrected chi connectivity index (χ3v) is 3.25. The van der Waals surface area contributed by atoms with Crippen LogP contribution in [0.2, 0.25) is 0 Å². The normalized spacial score (nSPS) is 12.2. The third kappa shape index (κ3) is 3.25. The van der Waals surface area contributed by atoms with E-state index in [-0.39, 0.29) is 13.2 Å². The van der Waals surface area contributed by atoms with Gasteiger partial charge in [-0.1, -0.05) is 24.3 Å². The first-order valence-electron chi connectivity index (χ1n) is 6.64. The van der Waals surface area contributed by atoms with E-state index >= 15 is 0 Å². The number of carboxylic acids is 1. The summed E-state index contributed by atoms with van der Waals surface area (Å²) in [6.07, 6.45) is 0.0515. The van der Waals surface area contributed by atoms with Crippen LogP contribution in [0.5, 0.6) is 11.5 Å². The van der Waals surface area contributed by atoms with Crippen LogP contribution in [-0.4, -0.2) is 17.9 Å². The molecule has 108 valence electrons. The van der Waals surface area contributed by atoms with Gasteiger partial charge < -0.3 is 19.9 Å². The molecule has 0 aliphatic carbocycles. The zero-order valence-electron chi connectivity index (χ0n) is 11.3. The molecule has 0 aromatic heterocycles. The van der Waals surface area contributed by atoms with Crippen molar-refractivity contribution in [1.29, 1.82) is 0 Å². The number of ether oxygens (including phenoxy) is 2. The summed E-state index contributed by atoms with van der Waals surface area (Å²) in [6, 6.07) is 13.3. The summed E-state index contributed by atoms with van der Waals surface area (Å²) >= 11 is 0. The molecule has 5 nitrogen and oxygen atoms in total. The lowest BCUT2D eigenvalue weighted by Crippen LogP contribution is -2.02. The number of hydrogen-bond donors (Lipinski definition) is 2. The Balaban J connectivity index is 1.61. The molecular weight excluding hydrogens is 270 g/mol. The minimum absolute atomic E-state index is 0.0515. The maximum atomic E-state index is 10.6. The summed E-state index contributed by atoms with van der Waals surface area (Å²) in [4.78, 5) is 10.6. The summed E-state index contributed by atoms with van der Waals surface area (Å²) in [5.74, 6) is 0.691. The molecule has 0 bridgehead atoms. The van der Waals surface area contributed by atoms with Gasteiger partial charge in [0.15, 0.2) is 11.5 Å². The Bertz CT molecular complexity index is 652. The molecule has 0 radical (unpaired) electrons. The number of fused-ring (bicyclic) bond motifs is 1. The van der Waals surface area contributed by atoms with Crippen LogP contribution in [0.4, 0.5) is 5.69 Å². The van der Waals surface area contributed by atoms with Crippen LogP contribution in [0, 0.1) is 0 Å². The van der Waals surface area contributed by atoms with E-state index in [9.17, 15) is 4.79 Å². The number of carboxylic acid groups (broad SMARTS) is 1. The minimum Gasteiger partial charge on any atom is -0.481 e. The standard InChI is InChI=1S/C16H15NO4/c18-16(19)7-11-1-3-12(4-2-11)9-17-13-5-6-14-15(8-13)21-10-20-14/h1-6,8,17H,7,9-10H2,(H,18,19). The highest BCUT2D eigenvalue weighted by Gasteiger charge is 2.12. The van der Waals surface area contributed by atoms with Gasteiger partial charge in [0.05, 0.1) is 6.42 Å². The zero-order chi connectivity index (χ0) is 14.7. The van der Waals surface area contributed by atoms with Crippen LogP contribution in [0.25, 0.3) is 0 Å². The number of hydrogen-bond acceptors (Lipinski definition) is 4. The average molecular weight is 285 g/mol. The first kappa shape index (κ1) is 13.3. The molecule has 0 fully saturated rings. The molecule has 0 spiro atoms. The van der Waals surface area contributed by atoms with E-state index in [2.05, 4.69) is 5.32 Å². The molecule has 0 saturated heterocycles. The van der Waals surface area contributed by atoms with Crippen LogP contribution < -0.4 is 14.8 Å². The molecule has 0 atom stereocenters. The summed E-state index contributed by atoms with van der Waals surface area (Å²) in [5.41, 5.74) is 2.84. The number of nitrogens with one attached hydrogen (secondary N) is 1. The Kier molecular flexibility index (Phi) is 3.64. The maximum absolute atomic E-state index is 10.6. The van der Waals surface area contributed by atoms with Gasteiger partial charge in [0.25, 0.3) is 0 Å². The van der Waals surface area contributed by atoms with Crippen molar-refractivity contribution in [2.75, 3.05) is 12.1 Å². The van der Waals surface area contributed by atoms with Gasteiger partial charge >= 0.3 is 5.97 Å². The maximum Gasteiger partial charge on any atom is 0.307 e. The molecule has 1 aliphatic rings. The second-order valence-corrected chi connectivity index (χ2v) is 4.81. The van der Waals surface area contributed by atoms with Gasteiger partial charge in [-0.15, -0.1) is 0 Å². The topological polar surface area (TPSA) is 67.8 Å². The second-order valence-electron chi connectivity index (χ2n) is 4.81. The molecule has 2 aromatic carbocycles. The molecule has 0 unspecified atom stereocenters. The molecule has 3 rings (SSSR count). The van der Waals surface area contributed by atoms with Crippen molar-refractivity contribution in [2.45, 2.75) is 13.0 Å². The average Bonchev–Trinajstić information content (AvgIpc) is 2.93. The fraction of sp³-hybridized carbons (Fsp3) is 0.188. The van der Waals surface area contributed by atoms with Crippen molar-refractivity contribution in [1.82, 2.24) is 0 Å². The van der Waals surface area contributed by atoms with Gasteiger partial charge in [0, 0.05) is 18.3 Å². The number of anilines is 1. The second kappa shape index (κ2) is 5.75. The first-order valence-corrected chi connectivity index (χ1v) is 6.64. The molecule has 1 aliphatic heterocycles. The van der Waals surface area contributed by atoms with E-state index < -0.39 is 5.97 Å². The Labute approximate surface area is 122 Å². The van der Waals surface area contributed by atoms with E-state index in [0.717, 1.165) is 28.3 Å². The Morgan fingerprint density at radius 3 is 2.52 bits per heavy atom. The SMILES string of the molecule is O=C(O)Cc1ccc(CNc2ccc3c(c2)OCO3)cc1. The highest BCUT2D eigenvalue weighted by atomic mass is 16.7. The Morgan fingerprint density at radius 1 is 1.05 bits per heavy atom. The molecule has 21 heavy (non-hydrogen) atoms. The predicted molar refractivity (Wildman–Crippen MR) is 77.7 cm³/mol. The molecule has 1 heterocycles. The molecule has 2 aromatic rings. The highest BCUT2D eigenvalue weighted by Crippen LogP contribution is 2.34. The minimum atomic E-state index is -0.818. The fourth-order valence-electron chi connectivity index (χ4n) is 2.16. The fourth-order valence-corrected chi connectivity index (χ4v) is 2.16. The molecule has 2 N–H and O–H groups in total. The number of benzene rings is 2.